The number of carbonyl (C=O) groups excluding carboxylic acids is 2. The van der Waals surface area contributed by atoms with Gasteiger partial charge in [0.15, 0.2) is 18.3 Å². The minimum atomic E-state index is -0.478. The van der Waals surface area contributed by atoms with E-state index in [0.29, 0.717) is 11.5 Å². The van der Waals surface area contributed by atoms with E-state index in [0.717, 1.165) is 29.8 Å². The van der Waals surface area contributed by atoms with Crippen molar-refractivity contribution in [3.63, 3.8) is 0 Å². The Morgan fingerprint density at radius 3 is 2.33 bits per heavy atom. The second-order valence-corrected chi connectivity index (χ2v) is 9.78. The van der Waals surface area contributed by atoms with E-state index < -0.39 is 11.8 Å². The molecule has 0 unspecified atom stereocenters. The zero-order valence-corrected chi connectivity index (χ0v) is 22.8. The fraction of sp³-hybridized carbons (Fsp3) is 0.136. The average Bonchev–Trinajstić information content (AvgIpc) is 2.76. The minimum Gasteiger partial charge on any atom is -0.483 e. The van der Waals surface area contributed by atoms with Gasteiger partial charge in [-0.1, -0.05) is 34.1 Å². The molecule has 3 rings (SSSR count). The number of hydrogen-bond acceptors (Lipinski definition) is 5. The highest BCUT2D eigenvalue weighted by atomic mass is 79.9. The Balaban J connectivity index is 1.41. The topological polar surface area (TPSA) is 88.7 Å². The minimum absolute atomic E-state index is 0.0719. The molecule has 0 spiro atoms. The molecule has 0 radical (unpaired) electrons. The van der Waals surface area contributed by atoms with Crippen LogP contribution in [-0.4, -0.2) is 30.1 Å². The molecular weight excluding hydrogens is 642 g/mol. The maximum atomic E-state index is 12.1. The van der Waals surface area contributed by atoms with Gasteiger partial charge in [-0.2, -0.15) is 0 Å². The van der Waals surface area contributed by atoms with Crippen LogP contribution in [0, 0.1) is 6.92 Å². The maximum absolute atomic E-state index is 12.1. The Hall–Kier alpha value is -2.21. The van der Waals surface area contributed by atoms with Crippen molar-refractivity contribution in [3.8, 4) is 11.5 Å². The Kier molecular flexibility index (Phi) is 9.07. The van der Waals surface area contributed by atoms with E-state index in [-0.39, 0.29) is 18.3 Å². The molecule has 0 fully saturated rings. The maximum Gasteiger partial charge on any atom is 0.276 e. The predicted molar refractivity (Wildman–Crippen MR) is 141 cm³/mol. The Bertz CT molecular complexity index is 1220. The highest BCUT2D eigenvalue weighted by Crippen LogP contribution is 2.34. The number of benzene rings is 3. The molecule has 3 aromatic rings. The first-order valence-corrected chi connectivity index (χ1v) is 12.3. The van der Waals surface area contributed by atoms with E-state index in [1.807, 2.05) is 43.3 Å². The van der Waals surface area contributed by atoms with Gasteiger partial charge in [0.2, 0.25) is 0 Å². The lowest BCUT2D eigenvalue weighted by Gasteiger charge is -2.13. The summed E-state index contributed by atoms with van der Waals surface area (Å²) in [6, 6.07) is 15.0. The molecule has 0 saturated heterocycles. The van der Waals surface area contributed by atoms with Gasteiger partial charge in [-0.3, -0.25) is 25.8 Å². The van der Waals surface area contributed by atoms with Crippen LogP contribution < -0.4 is 25.6 Å². The molecule has 7 nitrogen and oxygen atoms in total. The van der Waals surface area contributed by atoms with E-state index in [9.17, 15) is 9.59 Å². The molecule has 0 aromatic heterocycles. The lowest BCUT2D eigenvalue weighted by molar-refractivity contribution is -0.124. The lowest BCUT2D eigenvalue weighted by Crippen LogP contribution is -2.50. The van der Waals surface area contributed by atoms with Crippen LogP contribution in [0.2, 0.25) is 0 Å². The monoisotopic (exact) mass is 657 g/mol. The van der Waals surface area contributed by atoms with Crippen molar-refractivity contribution >= 4 is 87.7 Å². The molecule has 172 valence electrons. The third-order valence-corrected chi connectivity index (χ3v) is 6.39. The zero-order chi connectivity index (χ0) is 24.0. The molecule has 3 aromatic carbocycles. The van der Waals surface area contributed by atoms with Gasteiger partial charge in [-0.15, -0.1) is 0 Å². The molecule has 0 aliphatic carbocycles. The summed E-state index contributed by atoms with van der Waals surface area (Å²) in [5.41, 5.74) is 5.89. The third kappa shape index (κ3) is 7.39. The summed E-state index contributed by atoms with van der Waals surface area (Å²) in [5, 5.41) is 4.33. The number of amides is 2. The summed E-state index contributed by atoms with van der Waals surface area (Å²) in [6.45, 7) is 1.45. The van der Waals surface area contributed by atoms with Gasteiger partial charge in [-0.05, 0) is 97.7 Å². The van der Waals surface area contributed by atoms with Crippen LogP contribution in [0.15, 0.2) is 61.9 Å². The Labute approximate surface area is 220 Å². The van der Waals surface area contributed by atoms with Crippen molar-refractivity contribution in [2.45, 2.75) is 6.92 Å². The van der Waals surface area contributed by atoms with Gasteiger partial charge in [0.25, 0.3) is 11.8 Å². The van der Waals surface area contributed by atoms with Crippen molar-refractivity contribution < 1.29 is 19.1 Å². The number of rotatable bonds is 6. The van der Waals surface area contributed by atoms with Gasteiger partial charge in [0.1, 0.15) is 11.5 Å². The first-order valence-electron chi connectivity index (χ1n) is 9.51. The summed E-state index contributed by atoms with van der Waals surface area (Å²) in [7, 11) is 0. The number of hydrogen-bond donors (Lipinski definition) is 3. The number of ether oxygens (including phenoxy) is 2. The van der Waals surface area contributed by atoms with Crippen LogP contribution in [0.1, 0.15) is 5.56 Å². The van der Waals surface area contributed by atoms with Gasteiger partial charge in [-0.25, -0.2) is 0 Å². The van der Waals surface area contributed by atoms with Gasteiger partial charge in [0, 0.05) is 4.47 Å². The summed E-state index contributed by atoms with van der Waals surface area (Å²) < 4.78 is 13.5. The quantitative estimate of drug-likeness (QED) is 0.258. The van der Waals surface area contributed by atoms with E-state index in [1.165, 1.54) is 0 Å². The molecule has 0 aliphatic rings. The zero-order valence-electron chi connectivity index (χ0n) is 17.2. The fourth-order valence-electron chi connectivity index (χ4n) is 2.72. The molecule has 0 bridgehead atoms. The van der Waals surface area contributed by atoms with Crippen molar-refractivity contribution in [1.82, 2.24) is 16.2 Å². The number of carbonyl (C=O) groups is 2. The number of aryl methyl sites for hydroxylation is 1. The van der Waals surface area contributed by atoms with E-state index in [2.05, 4.69) is 64.0 Å². The number of fused-ring (bicyclic) bond motifs is 1. The molecular formula is C22H18Br3N3O4S. The summed E-state index contributed by atoms with van der Waals surface area (Å²) >= 11 is 15.3. The predicted octanol–water partition coefficient (Wildman–Crippen LogP) is 4.92. The number of hydrazine groups is 1. The van der Waals surface area contributed by atoms with Crippen molar-refractivity contribution in [2.75, 3.05) is 13.2 Å². The van der Waals surface area contributed by atoms with Crippen LogP contribution in [0.3, 0.4) is 0 Å². The average molecular weight is 660 g/mol. The number of halogens is 3. The van der Waals surface area contributed by atoms with Crippen molar-refractivity contribution in [3.05, 3.63) is 67.5 Å². The van der Waals surface area contributed by atoms with Gasteiger partial charge < -0.3 is 9.47 Å². The molecule has 11 heteroatoms. The van der Waals surface area contributed by atoms with Gasteiger partial charge >= 0.3 is 0 Å². The summed E-state index contributed by atoms with van der Waals surface area (Å²) in [6.07, 6.45) is 0. The lowest BCUT2D eigenvalue weighted by atomic mass is 10.1. The van der Waals surface area contributed by atoms with Crippen LogP contribution in [0.25, 0.3) is 10.8 Å². The molecule has 3 N–H and O–H groups in total. The second kappa shape index (κ2) is 11.8. The van der Waals surface area contributed by atoms with Gasteiger partial charge in [0.05, 0.1) is 8.95 Å². The molecule has 0 saturated carbocycles. The van der Waals surface area contributed by atoms with E-state index in [4.69, 9.17) is 21.7 Å². The van der Waals surface area contributed by atoms with E-state index in [1.54, 1.807) is 12.1 Å². The van der Waals surface area contributed by atoms with Crippen LogP contribution >= 0.6 is 60.0 Å². The summed E-state index contributed by atoms with van der Waals surface area (Å²) in [5.74, 6) is 0.106. The molecule has 2 amide bonds. The highest BCUT2D eigenvalue weighted by molar-refractivity contribution is 9.11. The molecule has 33 heavy (non-hydrogen) atoms. The molecule has 0 heterocycles. The molecule has 0 aliphatic heterocycles. The van der Waals surface area contributed by atoms with Crippen molar-refractivity contribution in [1.29, 1.82) is 0 Å². The summed E-state index contributed by atoms with van der Waals surface area (Å²) in [4.78, 5) is 24.1. The number of nitrogens with one attached hydrogen (secondary N) is 3. The highest BCUT2D eigenvalue weighted by Gasteiger charge is 2.11. The first kappa shape index (κ1) is 25.4. The SMILES string of the molecule is Cc1ccc(OCC(=O)NC(=S)NNC(=O)COc2ccc3cc(Br)ccc3c2Br)c(Br)c1. The van der Waals surface area contributed by atoms with Crippen molar-refractivity contribution in [2.24, 2.45) is 0 Å². The Morgan fingerprint density at radius 1 is 0.879 bits per heavy atom. The largest absolute Gasteiger partial charge is 0.483 e. The van der Waals surface area contributed by atoms with Crippen LogP contribution in [-0.2, 0) is 9.59 Å². The second-order valence-electron chi connectivity index (χ2n) is 6.80. The Morgan fingerprint density at radius 2 is 1.58 bits per heavy atom. The molecule has 0 atom stereocenters. The van der Waals surface area contributed by atoms with E-state index >= 15 is 0 Å². The number of thiocarbonyl (C=S) groups is 1. The fourth-order valence-corrected chi connectivity index (χ4v) is 4.48. The van der Waals surface area contributed by atoms with Crippen LogP contribution in [0.5, 0.6) is 11.5 Å². The first-order chi connectivity index (χ1) is 15.7. The normalized spacial score (nSPS) is 10.4. The van der Waals surface area contributed by atoms with Crippen LogP contribution in [0.4, 0.5) is 0 Å². The third-order valence-electron chi connectivity index (χ3n) is 4.25. The smallest absolute Gasteiger partial charge is 0.276 e. The standard InChI is InChI=1S/C22H18Br3N3O4S/c1-12-2-6-17(16(24)8-12)31-10-19(29)26-22(33)28-27-20(30)11-32-18-7-3-13-9-14(23)4-5-15(13)21(18)25/h2-9H,10-11H2,1H3,(H,27,30)(H2,26,28,29,33).